The second kappa shape index (κ2) is 6.60. The normalized spacial score (nSPS) is 25.1. The van der Waals surface area contributed by atoms with E-state index in [1.807, 2.05) is 0 Å². The zero-order valence-electron chi connectivity index (χ0n) is 10.5. The van der Waals surface area contributed by atoms with Crippen molar-refractivity contribution in [3.63, 3.8) is 0 Å². The van der Waals surface area contributed by atoms with Gasteiger partial charge in [-0.25, -0.2) is 0 Å². The summed E-state index contributed by atoms with van der Waals surface area (Å²) in [6, 6.07) is 0. The van der Waals surface area contributed by atoms with E-state index < -0.39 is 9.76 Å². The Labute approximate surface area is 102 Å². The molecular formula is C14H26OSi. The van der Waals surface area contributed by atoms with Gasteiger partial charge in [0.05, 0.1) is 0 Å². The van der Waals surface area contributed by atoms with Gasteiger partial charge < -0.3 is 4.80 Å². The Bertz CT molecular complexity index is 205. The van der Waals surface area contributed by atoms with Crippen molar-refractivity contribution in [3.05, 3.63) is 11.3 Å². The smallest absolute Gasteiger partial charge is 0.180 e. The molecule has 0 heterocycles. The molecule has 0 atom stereocenters. The summed E-state index contributed by atoms with van der Waals surface area (Å²) in [5.41, 5.74) is 3.97. The number of hydrogen-bond donors (Lipinski definition) is 1. The Morgan fingerprint density at radius 1 is 0.812 bits per heavy atom. The van der Waals surface area contributed by atoms with Crippen molar-refractivity contribution in [2.75, 3.05) is 0 Å². The van der Waals surface area contributed by atoms with Gasteiger partial charge in [0.15, 0.2) is 9.76 Å². The molecule has 0 unspecified atom stereocenters. The first-order valence-corrected chi connectivity index (χ1v) is 8.67. The summed E-state index contributed by atoms with van der Waals surface area (Å²) in [4.78, 5) is 9.36. The van der Waals surface area contributed by atoms with E-state index in [9.17, 15) is 4.80 Å². The summed E-state index contributed by atoms with van der Waals surface area (Å²) in [6.45, 7) is 0. The number of allylic oxidation sites excluding steroid dienone is 1. The fraction of sp³-hybridized carbons (Fsp3) is 0.857. The monoisotopic (exact) mass is 238 g/mol. The molecule has 0 radical (unpaired) electrons. The van der Waals surface area contributed by atoms with Gasteiger partial charge in [-0.1, -0.05) is 49.8 Å². The molecule has 1 N–H and O–H groups in total. The molecule has 0 amide bonds. The quantitative estimate of drug-likeness (QED) is 0.749. The first-order valence-electron chi connectivity index (χ1n) is 7.22. The molecule has 2 saturated carbocycles. The first kappa shape index (κ1) is 12.4. The van der Waals surface area contributed by atoms with E-state index in [2.05, 4.69) is 5.70 Å². The summed E-state index contributed by atoms with van der Waals surface area (Å²) in [7, 11) is -0.885. The van der Waals surface area contributed by atoms with Crippen LogP contribution >= 0.6 is 0 Å². The average molecular weight is 238 g/mol. The molecule has 0 spiro atoms. The topological polar surface area (TPSA) is 20.2 Å². The van der Waals surface area contributed by atoms with Crippen LogP contribution in [0, 0.1) is 11.8 Å². The molecule has 2 aliphatic rings. The Balaban J connectivity index is 2.00. The average Bonchev–Trinajstić information content (AvgIpc) is 2.38. The third kappa shape index (κ3) is 3.20. The maximum atomic E-state index is 9.36. The highest BCUT2D eigenvalue weighted by atomic mass is 28.2. The minimum Gasteiger partial charge on any atom is -0.434 e. The van der Waals surface area contributed by atoms with Gasteiger partial charge in [0, 0.05) is 0 Å². The van der Waals surface area contributed by atoms with Gasteiger partial charge in [-0.3, -0.25) is 0 Å². The number of hydrogen-bond acceptors (Lipinski definition) is 1. The van der Waals surface area contributed by atoms with Gasteiger partial charge in [0.25, 0.3) is 0 Å². The van der Waals surface area contributed by atoms with Crippen LogP contribution in [0.25, 0.3) is 0 Å². The Kier molecular flexibility index (Phi) is 5.11. The first-order chi connectivity index (χ1) is 7.92. The summed E-state index contributed by atoms with van der Waals surface area (Å²) < 4.78 is 0. The summed E-state index contributed by atoms with van der Waals surface area (Å²) >= 11 is 0. The molecule has 0 bridgehead atoms. The molecule has 0 aromatic heterocycles. The second-order valence-corrected chi connectivity index (χ2v) is 6.33. The number of rotatable bonds is 3. The van der Waals surface area contributed by atoms with Crippen molar-refractivity contribution >= 4 is 9.76 Å². The molecule has 2 fully saturated rings. The highest BCUT2D eigenvalue weighted by Gasteiger charge is 2.25. The predicted octanol–water partition coefficient (Wildman–Crippen LogP) is 3.11. The van der Waals surface area contributed by atoms with Gasteiger partial charge in [0.1, 0.15) is 0 Å². The molecule has 0 aromatic rings. The lowest BCUT2D eigenvalue weighted by Crippen LogP contribution is -2.19. The van der Waals surface area contributed by atoms with Crippen molar-refractivity contribution in [2.24, 2.45) is 11.8 Å². The van der Waals surface area contributed by atoms with Gasteiger partial charge in [-0.15, -0.1) is 0 Å². The Hall–Kier alpha value is -0.0831. The maximum Gasteiger partial charge on any atom is 0.180 e. The lowest BCUT2D eigenvalue weighted by molar-refractivity contribution is 0.326. The molecule has 92 valence electrons. The van der Waals surface area contributed by atoms with Gasteiger partial charge in [-0.05, 0) is 37.5 Å². The molecule has 1 nitrogen and oxygen atoms in total. The Morgan fingerprint density at radius 2 is 1.25 bits per heavy atom. The largest absolute Gasteiger partial charge is 0.434 e. The van der Waals surface area contributed by atoms with Crippen LogP contribution in [-0.2, 0) is 0 Å². The predicted molar refractivity (Wildman–Crippen MR) is 72.0 cm³/mol. The van der Waals surface area contributed by atoms with Gasteiger partial charge in [0.2, 0.25) is 0 Å². The van der Waals surface area contributed by atoms with E-state index in [1.165, 1.54) is 64.2 Å². The fourth-order valence-electron chi connectivity index (χ4n) is 3.64. The van der Waals surface area contributed by atoms with Crippen LogP contribution in [0.15, 0.2) is 11.3 Å². The van der Waals surface area contributed by atoms with E-state index in [0.29, 0.717) is 0 Å². The Morgan fingerprint density at radius 3 is 1.62 bits per heavy atom. The van der Waals surface area contributed by atoms with Crippen molar-refractivity contribution in [2.45, 2.75) is 64.2 Å². The molecule has 0 saturated heterocycles. The van der Waals surface area contributed by atoms with Crippen molar-refractivity contribution < 1.29 is 4.80 Å². The molecule has 0 aliphatic heterocycles. The van der Waals surface area contributed by atoms with Gasteiger partial charge in [-0.2, -0.15) is 0 Å². The van der Waals surface area contributed by atoms with Crippen molar-refractivity contribution in [1.29, 1.82) is 0 Å². The lowest BCUT2D eigenvalue weighted by atomic mass is 9.74. The lowest BCUT2D eigenvalue weighted by Gasteiger charge is -2.32. The van der Waals surface area contributed by atoms with Crippen LogP contribution in [0.4, 0.5) is 0 Å². The van der Waals surface area contributed by atoms with E-state index in [1.54, 1.807) is 5.57 Å². The summed E-state index contributed by atoms with van der Waals surface area (Å²) in [5, 5.41) is 0. The standard InChI is InChI=1S/C14H26OSi/c15-16-11-14(12-7-3-1-4-8-12)13-9-5-2-6-10-13/h11-13,15H,1-10,16H2. The van der Waals surface area contributed by atoms with Crippen LogP contribution < -0.4 is 0 Å². The molecule has 0 aromatic carbocycles. The fourth-order valence-corrected chi connectivity index (χ4v) is 4.52. The van der Waals surface area contributed by atoms with Crippen molar-refractivity contribution in [1.82, 2.24) is 0 Å². The molecule has 16 heavy (non-hydrogen) atoms. The zero-order valence-corrected chi connectivity index (χ0v) is 11.9. The van der Waals surface area contributed by atoms with Crippen LogP contribution in [0.3, 0.4) is 0 Å². The summed E-state index contributed by atoms with van der Waals surface area (Å²) in [6.07, 6.45) is 14.1. The van der Waals surface area contributed by atoms with Crippen LogP contribution in [0.2, 0.25) is 0 Å². The molecular weight excluding hydrogens is 212 g/mol. The zero-order chi connectivity index (χ0) is 11.2. The highest BCUT2D eigenvalue weighted by molar-refractivity contribution is 6.32. The third-order valence-electron chi connectivity index (χ3n) is 4.48. The molecule has 2 aliphatic carbocycles. The van der Waals surface area contributed by atoms with E-state index >= 15 is 0 Å². The third-order valence-corrected chi connectivity index (χ3v) is 5.13. The van der Waals surface area contributed by atoms with Gasteiger partial charge >= 0.3 is 0 Å². The van der Waals surface area contributed by atoms with E-state index in [4.69, 9.17) is 0 Å². The minimum absolute atomic E-state index is 0.844. The SMILES string of the molecule is O[SiH2]C=C(C1CCCCC1)C1CCCCC1. The summed E-state index contributed by atoms with van der Waals surface area (Å²) in [5.74, 6) is 1.69. The van der Waals surface area contributed by atoms with E-state index in [-0.39, 0.29) is 0 Å². The maximum absolute atomic E-state index is 9.36. The molecule has 2 rings (SSSR count). The van der Waals surface area contributed by atoms with Crippen LogP contribution in [-0.4, -0.2) is 14.6 Å². The minimum atomic E-state index is -0.885. The molecule has 2 heteroatoms. The second-order valence-electron chi connectivity index (χ2n) is 5.56. The van der Waals surface area contributed by atoms with E-state index in [0.717, 1.165) is 11.8 Å². The highest BCUT2D eigenvalue weighted by Crippen LogP contribution is 2.39. The van der Waals surface area contributed by atoms with Crippen molar-refractivity contribution in [3.8, 4) is 0 Å². The van der Waals surface area contributed by atoms with Crippen LogP contribution in [0.1, 0.15) is 64.2 Å². The van der Waals surface area contributed by atoms with Crippen LogP contribution in [0.5, 0.6) is 0 Å².